The predicted molar refractivity (Wildman–Crippen MR) is 76.3 cm³/mol. The van der Waals surface area contributed by atoms with Gasteiger partial charge in [0, 0.05) is 12.7 Å². The minimum Gasteiger partial charge on any atom is -0.0616 e. The van der Waals surface area contributed by atoms with Crippen LogP contribution in [0.25, 0.3) is 22.3 Å². The fourth-order valence-electron chi connectivity index (χ4n) is 1.91. The second-order valence-corrected chi connectivity index (χ2v) is 5.57. The molecule has 0 bridgehead atoms. The van der Waals surface area contributed by atoms with E-state index in [0.717, 1.165) is 0 Å². The molecule has 2 aromatic carbocycles. The van der Waals surface area contributed by atoms with E-state index in [0.29, 0.717) is 0 Å². The van der Waals surface area contributed by atoms with Crippen molar-refractivity contribution in [1.82, 2.24) is 0 Å². The minimum absolute atomic E-state index is 1.34. The van der Waals surface area contributed by atoms with Crippen molar-refractivity contribution in [3.05, 3.63) is 43.5 Å². The van der Waals surface area contributed by atoms with Gasteiger partial charge < -0.3 is 0 Å². The maximum Gasteiger partial charge on any atom is 0.0348 e. The summed E-state index contributed by atoms with van der Waals surface area (Å²) in [6, 6.07) is 13.0. The number of benzene rings is 2. The number of halogens is 2. The SMILES string of the molecule is Ic1ccc2c(c1I)-c1ccccc1-2. The molecule has 0 saturated carbocycles. The Morgan fingerprint density at radius 3 is 2.21 bits per heavy atom. The third-order valence-corrected chi connectivity index (χ3v) is 5.63. The summed E-state index contributed by atoms with van der Waals surface area (Å²) in [6.45, 7) is 0. The summed E-state index contributed by atoms with van der Waals surface area (Å²) in [7, 11) is 0. The molecule has 0 aliphatic heterocycles. The molecule has 1 aliphatic carbocycles. The van der Waals surface area contributed by atoms with Gasteiger partial charge in [0.1, 0.15) is 0 Å². The molecule has 0 fully saturated rings. The zero-order chi connectivity index (χ0) is 9.71. The molecule has 3 rings (SSSR count). The number of rotatable bonds is 0. The van der Waals surface area contributed by atoms with Crippen LogP contribution in [0.2, 0.25) is 0 Å². The molecule has 0 unspecified atom stereocenters. The molecule has 0 spiro atoms. The summed E-state index contributed by atoms with van der Waals surface area (Å²) in [5, 5.41) is 0. The van der Waals surface area contributed by atoms with Crippen molar-refractivity contribution in [2.75, 3.05) is 0 Å². The summed E-state index contributed by atoms with van der Waals surface area (Å²) in [5.74, 6) is 0. The van der Waals surface area contributed by atoms with Crippen LogP contribution in [-0.4, -0.2) is 0 Å². The van der Waals surface area contributed by atoms with Crippen LogP contribution in [0.3, 0.4) is 0 Å². The molecule has 0 heterocycles. The molecule has 0 amide bonds. The van der Waals surface area contributed by atoms with Gasteiger partial charge in [0.2, 0.25) is 0 Å². The fraction of sp³-hybridized carbons (Fsp3) is 0. The van der Waals surface area contributed by atoms with E-state index in [4.69, 9.17) is 0 Å². The molecule has 2 aromatic rings. The van der Waals surface area contributed by atoms with Crippen molar-refractivity contribution in [2.24, 2.45) is 0 Å². The Morgan fingerprint density at radius 2 is 1.43 bits per heavy atom. The lowest BCUT2D eigenvalue weighted by atomic mass is 9.81. The van der Waals surface area contributed by atoms with E-state index in [1.54, 1.807) is 0 Å². The Kier molecular flexibility index (Phi) is 2.09. The zero-order valence-electron chi connectivity index (χ0n) is 7.22. The Hall–Kier alpha value is -0.100. The van der Waals surface area contributed by atoms with Crippen LogP contribution < -0.4 is 0 Å². The molecule has 0 N–H and O–H groups in total. The van der Waals surface area contributed by atoms with Crippen LogP contribution in [0.4, 0.5) is 0 Å². The average Bonchev–Trinajstić information content (AvgIpc) is 2.18. The molecule has 0 saturated heterocycles. The van der Waals surface area contributed by atoms with Crippen LogP contribution in [-0.2, 0) is 0 Å². The Bertz CT molecular complexity index is 530. The van der Waals surface area contributed by atoms with E-state index >= 15 is 0 Å². The Morgan fingerprint density at radius 1 is 0.714 bits per heavy atom. The monoisotopic (exact) mass is 404 g/mol. The Labute approximate surface area is 110 Å². The maximum absolute atomic E-state index is 2.44. The van der Waals surface area contributed by atoms with E-state index in [1.165, 1.54) is 29.4 Å². The van der Waals surface area contributed by atoms with Crippen molar-refractivity contribution in [2.45, 2.75) is 0 Å². The van der Waals surface area contributed by atoms with Crippen LogP contribution in [0, 0.1) is 7.14 Å². The third-order valence-electron chi connectivity index (χ3n) is 2.58. The van der Waals surface area contributed by atoms with E-state index in [-0.39, 0.29) is 0 Å². The topological polar surface area (TPSA) is 0 Å². The summed E-state index contributed by atoms with van der Waals surface area (Å²) < 4.78 is 2.73. The van der Waals surface area contributed by atoms with Gasteiger partial charge in [-0.25, -0.2) is 0 Å². The van der Waals surface area contributed by atoms with Crippen molar-refractivity contribution in [3.63, 3.8) is 0 Å². The smallest absolute Gasteiger partial charge is 0.0348 e. The largest absolute Gasteiger partial charge is 0.0616 e. The number of hydrogen-bond donors (Lipinski definition) is 0. The lowest BCUT2D eigenvalue weighted by molar-refractivity contribution is 1.47. The highest BCUT2D eigenvalue weighted by atomic mass is 127. The first kappa shape index (κ1) is 9.15. The van der Waals surface area contributed by atoms with E-state index in [2.05, 4.69) is 81.6 Å². The molecule has 0 atom stereocenters. The van der Waals surface area contributed by atoms with Crippen molar-refractivity contribution >= 4 is 45.2 Å². The second-order valence-electron chi connectivity index (χ2n) is 3.33. The van der Waals surface area contributed by atoms with Gasteiger partial charge in [-0.2, -0.15) is 0 Å². The van der Waals surface area contributed by atoms with Gasteiger partial charge in [-0.05, 0) is 67.9 Å². The van der Waals surface area contributed by atoms with E-state index in [1.807, 2.05) is 0 Å². The molecule has 2 heteroatoms. The van der Waals surface area contributed by atoms with Gasteiger partial charge in [-0.1, -0.05) is 30.3 Å². The van der Waals surface area contributed by atoms with Gasteiger partial charge in [-0.3, -0.25) is 0 Å². The normalized spacial score (nSPS) is 11.6. The first-order chi connectivity index (χ1) is 6.79. The van der Waals surface area contributed by atoms with Crippen LogP contribution >= 0.6 is 45.2 Å². The van der Waals surface area contributed by atoms with Gasteiger partial charge >= 0.3 is 0 Å². The first-order valence-electron chi connectivity index (χ1n) is 4.37. The molecule has 68 valence electrons. The molecule has 0 aromatic heterocycles. The molecular weight excluding hydrogens is 398 g/mol. The highest BCUT2D eigenvalue weighted by molar-refractivity contribution is 14.1. The summed E-state index contributed by atoms with van der Waals surface area (Å²) in [4.78, 5) is 0. The number of hydrogen-bond acceptors (Lipinski definition) is 0. The van der Waals surface area contributed by atoms with Gasteiger partial charge in [0.25, 0.3) is 0 Å². The van der Waals surface area contributed by atoms with Crippen molar-refractivity contribution in [1.29, 1.82) is 0 Å². The quantitative estimate of drug-likeness (QED) is 0.483. The van der Waals surface area contributed by atoms with Crippen molar-refractivity contribution in [3.8, 4) is 22.3 Å². The Balaban J connectivity index is 2.34. The zero-order valence-corrected chi connectivity index (χ0v) is 11.5. The summed E-state index contributed by atoms with van der Waals surface area (Å²) >= 11 is 4.83. The average molecular weight is 404 g/mol. The van der Waals surface area contributed by atoms with Crippen molar-refractivity contribution < 1.29 is 0 Å². The number of fused-ring (bicyclic) bond motifs is 4. The predicted octanol–water partition coefficient (Wildman–Crippen LogP) is 4.54. The second kappa shape index (κ2) is 3.20. The van der Waals surface area contributed by atoms with Crippen LogP contribution in [0.5, 0.6) is 0 Å². The molecule has 14 heavy (non-hydrogen) atoms. The molecule has 1 aliphatic rings. The van der Waals surface area contributed by atoms with E-state index in [9.17, 15) is 0 Å². The third kappa shape index (κ3) is 1.10. The molecule has 0 nitrogen and oxygen atoms in total. The van der Waals surface area contributed by atoms with Crippen LogP contribution in [0.1, 0.15) is 0 Å². The minimum atomic E-state index is 1.34. The fourth-order valence-corrected chi connectivity index (χ4v) is 3.12. The highest BCUT2D eigenvalue weighted by Gasteiger charge is 2.24. The molecule has 0 radical (unpaired) electrons. The van der Waals surface area contributed by atoms with Gasteiger partial charge in [0.05, 0.1) is 0 Å². The summed E-state index contributed by atoms with van der Waals surface area (Å²) in [5.41, 5.74) is 5.65. The lowest BCUT2D eigenvalue weighted by Gasteiger charge is -2.25. The van der Waals surface area contributed by atoms with E-state index < -0.39 is 0 Å². The first-order valence-corrected chi connectivity index (χ1v) is 6.52. The van der Waals surface area contributed by atoms with Crippen LogP contribution in [0.15, 0.2) is 36.4 Å². The molecular formula is C12H6I2. The summed E-state index contributed by atoms with van der Waals surface area (Å²) in [6.07, 6.45) is 0. The maximum atomic E-state index is 2.44. The van der Waals surface area contributed by atoms with Gasteiger partial charge in [-0.15, -0.1) is 0 Å². The van der Waals surface area contributed by atoms with Gasteiger partial charge in [0.15, 0.2) is 0 Å². The lowest BCUT2D eigenvalue weighted by Crippen LogP contribution is -2.01. The standard InChI is InChI=1S/C12H6I2/c13-10-6-5-9-7-3-1-2-4-8(7)11(9)12(10)14/h1-6H. The highest BCUT2D eigenvalue weighted by Crippen LogP contribution is 2.49.